The molecule has 0 aliphatic carbocycles. The zero-order chi connectivity index (χ0) is 18.7. The predicted molar refractivity (Wildman–Crippen MR) is 97.5 cm³/mol. The van der Waals surface area contributed by atoms with Gasteiger partial charge in [-0.15, -0.1) is 0 Å². The van der Waals surface area contributed by atoms with Crippen molar-refractivity contribution in [1.29, 1.82) is 0 Å². The lowest BCUT2D eigenvalue weighted by atomic mass is 9.84. The molecule has 4 atom stereocenters. The van der Waals surface area contributed by atoms with E-state index in [-0.39, 0.29) is 42.3 Å². The predicted octanol–water partition coefficient (Wildman–Crippen LogP) is 0.130. The lowest BCUT2D eigenvalue weighted by molar-refractivity contribution is -0.131. The summed E-state index contributed by atoms with van der Waals surface area (Å²) in [6.07, 6.45) is 2.69. The van der Waals surface area contributed by atoms with Crippen LogP contribution in [0.2, 0.25) is 0 Å². The van der Waals surface area contributed by atoms with Gasteiger partial charge in [0.05, 0.1) is 12.5 Å². The maximum Gasteiger partial charge on any atom is 0.251 e. The minimum absolute atomic E-state index is 0.0505. The van der Waals surface area contributed by atoms with E-state index in [1.807, 2.05) is 25.2 Å². The molecule has 7 nitrogen and oxygen atoms in total. The van der Waals surface area contributed by atoms with Gasteiger partial charge < -0.3 is 16.0 Å². The van der Waals surface area contributed by atoms with Crippen LogP contribution >= 0.6 is 0 Å². The first kappa shape index (κ1) is 18.4. The molecule has 2 saturated heterocycles. The van der Waals surface area contributed by atoms with E-state index in [1.165, 1.54) is 7.05 Å². The number of rotatable bonds is 5. The number of benzene rings is 1. The first-order chi connectivity index (χ1) is 12.5. The molecule has 2 unspecified atom stereocenters. The van der Waals surface area contributed by atoms with Gasteiger partial charge in [-0.25, -0.2) is 0 Å². The maximum atomic E-state index is 12.8. The average molecular weight is 358 g/mol. The number of nitrogens with zero attached hydrogens (tertiary/aromatic N) is 1. The largest absolute Gasteiger partial charge is 0.358 e. The molecule has 2 heterocycles. The Morgan fingerprint density at radius 1 is 1.15 bits per heavy atom. The molecule has 1 aromatic carbocycles. The van der Waals surface area contributed by atoms with Crippen LogP contribution in [0.1, 0.15) is 29.6 Å². The SMILES string of the molecule is CNC(=O)CNC(=O)[C@@H]1C2CCC(C[C@@H]1NC(=O)c1ccccc1)N2C. The van der Waals surface area contributed by atoms with Crippen molar-refractivity contribution in [3.63, 3.8) is 0 Å². The topological polar surface area (TPSA) is 90.5 Å². The van der Waals surface area contributed by atoms with Gasteiger partial charge in [0.2, 0.25) is 11.8 Å². The second-order valence-corrected chi connectivity index (χ2v) is 7.06. The molecule has 2 bridgehead atoms. The van der Waals surface area contributed by atoms with Crippen LogP contribution in [0.3, 0.4) is 0 Å². The van der Waals surface area contributed by atoms with E-state index < -0.39 is 0 Å². The number of fused-ring (bicyclic) bond motifs is 2. The number of likely N-dealkylation sites (N-methyl/N-ethyl adjacent to an activating group) is 1. The summed E-state index contributed by atoms with van der Waals surface area (Å²) in [5.41, 5.74) is 0.586. The van der Waals surface area contributed by atoms with Crippen molar-refractivity contribution >= 4 is 17.7 Å². The van der Waals surface area contributed by atoms with Crippen molar-refractivity contribution in [1.82, 2.24) is 20.9 Å². The normalized spacial score (nSPS) is 27.6. The zero-order valence-corrected chi connectivity index (χ0v) is 15.2. The summed E-state index contributed by atoms with van der Waals surface area (Å²) < 4.78 is 0. The van der Waals surface area contributed by atoms with Gasteiger partial charge in [0.15, 0.2) is 0 Å². The molecule has 26 heavy (non-hydrogen) atoms. The molecule has 3 rings (SSSR count). The van der Waals surface area contributed by atoms with E-state index >= 15 is 0 Å². The fourth-order valence-electron chi connectivity index (χ4n) is 4.19. The second-order valence-electron chi connectivity index (χ2n) is 7.06. The lowest BCUT2D eigenvalue weighted by Gasteiger charge is -2.42. The number of piperidine rings is 1. The fraction of sp³-hybridized carbons (Fsp3) is 0.526. The Morgan fingerprint density at radius 3 is 2.58 bits per heavy atom. The molecule has 2 aliphatic rings. The summed E-state index contributed by atoms with van der Waals surface area (Å²) in [6, 6.07) is 9.26. The van der Waals surface area contributed by atoms with Crippen molar-refractivity contribution < 1.29 is 14.4 Å². The fourth-order valence-corrected chi connectivity index (χ4v) is 4.19. The summed E-state index contributed by atoms with van der Waals surface area (Å²) in [7, 11) is 3.57. The number of carbonyl (C=O) groups excluding carboxylic acids is 3. The lowest BCUT2D eigenvalue weighted by Crippen LogP contribution is -2.60. The molecule has 2 aliphatic heterocycles. The summed E-state index contributed by atoms with van der Waals surface area (Å²) in [4.78, 5) is 39.1. The van der Waals surface area contributed by atoms with Gasteiger partial charge >= 0.3 is 0 Å². The Kier molecular flexibility index (Phi) is 5.56. The molecule has 0 spiro atoms. The van der Waals surface area contributed by atoms with E-state index in [1.54, 1.807) is 12.1 Å². The van der Waals surface area contributed by atoms with Gasteiger partial charge in [-0.2, -0.15) is 0 Å². The first-order valence-corrected chi connectivity index (χ1v) is 9.07. The number of nitrogens with one attached hydrogen (secondary N) is 3. The van der Waals surface area contributed by atoms with Crippen molar-refractivity contribution in [2.45, 2.75) is 37.4 Å². The van der Waals surface area contributed by atoms with Crippen molar-refractivity contribution in [2.75, 3.05) is 20.6 Å². The van der Waals surface area contributed by atoms with Gasteiger partial charge in [0, 0.05) is 30.7 Å². The Bertz CT molecular complexity index is 679. The molecule has 7 heteroatoms. The van der Waals surface area contributed by atoms with E-state index in [4.69, 9.17) is 0 Å². The zero-order valence-electron chi connectivity index (χ0n) is 15.2. The molecule has 1 aromatic rings. The van der Waals surface area contributed by atoms with E-state index in [0.717, 1.165) is 19.3 Å². The van der Waals surface area contributed by atoms with Crippen LogP contribution in [-0.4, -0.2) is 61.4 Å². The van der Waals surface area contributed by atoms with Crippen molar-refractivity contribution in [3.05, 3.63) is 35.9 Å². The van der Waals surface area contributed by atoms with Crippen LogP contribution < -0.4 is 16.0 Å². The highest BCUT2D eigenvalue weighted by molar-refractivity contribution is 5.95. The Hall–Kier alpha value is -2.41. The molecular formula is C19H26N4O3. The molecule has 0 radical (unpaired) electrons. The maximum absolute atomic E-state index is 12.8. The molecular weight excluding hydrogens is 332 g/mol. The first-order valence-electron chi connectivity index (χ1n) is 9.07. The minimum atomic E-state index is -0.365. The third kappa shape index (κ3) is 3.72. The van der Waals surface area contributed by atoms with E-state index in [0.29, 0.717) is 11.6 Å². The van der Waals surface area contributed by atoms with Gasteiger partial charge in [-0.05, 0) is 38.4 Å². The third-order valence-corrected chi connectivity index (χ3v) is 5.63. The smallest absolute Gasteiger partial charge is 0.251 e. The molecule has 3 amide bonds. The van der Waals surface area contributed by atoms with Gasteiger partial charge in [0.1, 0.15) is 0 Å². The highest BCUT2D eigenvalue weighted by Gasteiger charge is 2.49. The quantitative estimate of drug-likeness (QED) is 0.698. The van der Waals surface area contributed by atoms with Gasteiger partial charge in [0.25, 0.3) is 5.91 Å². The number of carbonyl (C=O) groups is 3. The van der Waals surface area contributed by atoms with Crippen LogP contribution in [0.4, 0.5) is 0 Å². The Balaban J connectivity index is 1.74. The van der Waals surface area contributed by atoms with E-state index in [2.05, 4.69) is 20.9 Å². The number of hydrogen-bond donors (Lipinski definition) is 3. The number of amides is 3. The van der Waals surface area contributed by atoms with Crippen LogP contribution in [0.15, 0.2) is 30.3 Å². The standard InChI is InChI=1S/C19H26N4O3/c1-20-16(24)11-21-19(26)17-14(10-13-8-9-15(17)23(13)2)22-18(25)12-6-4-3-5-7-12/h3-7,13-15,17H,8-11H2,1-2H3,(H,20,24)(H,21,26)(H,22,25)/t13?,14-,15?,17-/m0/s1. The second kappa shape index (κ2) is 7.86. The van der Waals surface area contributed by atoms with Crippen molar-refractivity contribution in [3.8, 4) is 0 Å². The monoisotopic (exact) mass is 358 g/mol. The molecule has 140 valence electrons. The average Bonchev–Trinajstić information content (AvgIpc) is 2.89. The highest BCUT2D eigenvalue weighted by Crippen LogP contribution is 2.38. The molecule has 0 saturated carbocycles. The molecule has 0 aromatic heterocycles. The van der Waals surface area contributed by atoms with Crippen LogP contribution in [-0.2, 0) is 9.59 Å². The Morgan fingerprint density at radius 2 is 1.88 bits per heavy atom. The summed E-state index contributed by atoms with van der Waals surface area (Å²) in [5.74, 6) is -0.944. The summed E-state index contributed by atoms with van der Waals surface area (Å²) in [5, 5.41) is 8.28. The van der Waals surface area contributed by atoms with Crippen LogP contribution in [0.25, 0.3) is 0 Å². The van der Waals surface area contributed by atoms with E-state index in [9.17, 15) is 14.4 Å². The van der Waals surface area contributed by atoms with Crippen LogP contribution in [0, 0.1) is 5.92 Å². The van der Waals surface area contributed by atoms with Crippen LogP contribution in [0.5, 0.6) is 0 Å². The third-order valence-electron chi connectivity index (χ3n) is 5.63. The Labute approximate surface area is 153 Å². The summed E-state index contributed by atoms with van der Waals surface area (Å²) >= 11 is 0. The summed E-state index contributed by atoms with van der Waals surface area (Å²) in [6.45, 7) is -0.0505. The highest BCUT2D eigenvalue weighted by atomic mass is 16.2. The molecule has 3 N–H and O–H groups in total. The van der Waals surface area contributed by atoms with Gasteiger partial charge in [-0.1, -0.05) is 18.2 Å². The van der Waals surface area contributed by atoms with Crippen molar-refractivity contribution in [2.24, 2.45) is 5.92 Å². The minimum Gasteiger partial charge on any atom is -0.358 e. The molecule has 2 fully saturated rings. The number of hydrogen-bond acceptors (Lipinski definition) is 4. The van der Waals surface area contributed by atoms with Gasteiger partial charge in [-0.3, -0.25) is 19.3 Å².